The molecule has 1 aliphatic rings. The van der Waals surface area contributed by atoms with E-state index in [1.54, 1.807) is 18.2 Å². The third-order valence-corrected chi connectivity index (χ3v) is 5.16. The van der Waals surface area contributed by atoms with E-state index in [9.17, 15) is 0 Å². The minimum Gasteiger partial charge on any atom is -0.385 e. The summed E-state index contributed by atoms with van der Waals surface area (Å²) in [4.78, 5) is 0. The molecule has 22 heavy (non-hydrogen) atoms. The zero-order chi connectivity index (χ0) is 14.9. The van der Waals surface area contributed by atoms with Crippen LogP contribution in [-0.4, -0.2) is 13.7 Å². The van der Waals surface area contributed by atoms with Crippen LogP contribution in [0.1, 0.15) is 36.3 Å². The van der Waals surface area contributed by atoms with Gasteiger partial charge in [-0.1, -0.05) is 48.5 Å². The molecule has 0 radical (unpaired) electrons. The summed E-state index contributed by atoms with van der Waals surface area (Å²) < 4.78 is 5.30. The molecule has 0 amide bonds. The van der Waals surface area contributed by atoms with Crippen molar-refractivity contribution in [2.75, 3.05) is 13.7 Å². The Hall–Kier alpha value is -1.86. The van der Waals surface area contributed by atoms with Crippen LogP contribution in [0, 0.1) is 0 Å². The van der Waals surface area contributed by atoms with Crippen LogP contribution >= 0.6 is 0 Å². The van der Waals surface area contributed by atoms with Crippen LogP contribution < -0.4 is 0 Å². The number of methoxy groups -OCH3 is 1. The first kappa shape index (κ1) is 13.8. The molecule has 0 saturated heterocycles. The molecular formula is C21H22O. The monoisotopic (exact) mass is 290 g/mol. The highest BCUT2D eigenvalue weighted by atomic mass is 16.5. The third-order valence-electron chi connectivity index (χ3n) is 5.16. The predicted molar refractivity (Wildman–Crippen MR) is 93.6 cm³/mol. The summed E-state index contributed by atoms with van der Waals surface area (Å²) in [7, 11) is 1.80. The second-order valence-electron chi connectivity index (χ2n) is 6.39. The molecule has 1 nitrogen and oxygen atoms in total. The normalized spacial score (nSPS) is 17.8. The van der Waals surface area contributed by atoms with Crippen molar-refractivity contribution in [3.8, 4) is 0 Å². The molecule has 0 heterocycles. The first-order valence-corrected chi connectivity index (χ1v) is 8.30. The molecule has 4 rings (SSSR count). The first-order valence-electron chi connectivity index (χ1n) is 8.30. The molecule has 3 aromatic rings. The van der Waals surface area contributed by atoms with Crippen LogP contribution in [0.15, 0.2) is 48.5 Å². The van der Waals surface area contributed by atoms with E-state index >= 15 is 0 Å². The molecule has 1 aliphatic carbocycles. The summed E-state index contributed by atoms with van der Waals surface area (Å²) in [6.45, 7) is 0.861. The van der Waals surface area contributed by atoms with Crippen molar-refractivity contribution in [2.45, 2.75) is 31.6 Å². The smallest absolute Gasteiger partial charge is 0.0468 e. The fraction of sp³-hybridized carbons (Fsp3) is 0.333. The maximum atomic E-state index is 5.30. The highest BCUT2D eigenvalue weighted by molar-refractivity contribution is 6.08. The van der Waals surface area contributed by atoms with E-state index in [2.05, 4.69) is 48.5 Å². The van der Waals surface area contributed by atoms with Crippen molar-refractivity contribution >= 4 is 21.5 Å². The van der Waals surface area contributed by atoms with Gasteiger partial charge in [-0.15, -0.1) is 0 Å². The van der Waals surface area contributed by atoms with Gasteiger partial charge >= 0.3 is 0 Å². The van der Waals surface area contributed by atoms with E-state index < -0.39 is 0 Å². The largest absolute Gasteiger partial charge is 0.385 e. The lowest BCUT2D eigenvalue weighted by molar-refractivity contribution is 0.185. The topological polar surface area (TPSA) is 9.23 Å². The molecule has 1 unspecified atom stereocenters. The maximum absolute atomic E-state index is 5.30. The molecule has 0 N–H and O–H groups in total. The SMILES string of the molecule is COCCC1CCCc2c1ccc1c2ccc2ccccc21. The van der Waals surface area contributed by atoms with Gasteiger partial charge in [-0.25, -0.2) is 0 Å². The molecule has 0 spiro atoms. The van der Waals surface area contributed by atoms with Crippen molar-refractivity contribution in [1.82, 2.24) is 0 Å². The summed E-state index contributed by atoms with van der Waals surface area (Å²) in [6.07, 6.45) is 4.96. The Bertz CT molecular complexity index is 819. The highest BCUT2D eigenvalue weighted by Gasteiger charge is 2.21. The van der Waals surface area contributed by atoms with Crippen LogP contribution in [0.25, 0.3) is 21.5 Å². The van der Waals surface area contributed by atoms with Gasteiger partial charge in [-0.3, -0.25) is 0 Å². The van der Waals surface area contributed by atoms with Gasteiger partial charge in [0.1, 0.15) is 0 Å². The van der Waals surface area contributed by atoms with Gasteiger partial charge in [0.2, 0.25) is 0 Å². The minimum atomic E-state index is 0.666. The number of rotatable bonds is 3. The number of benzene rings is 3. The second kappa shape index (κ2) is 5.73. The van der Waals surface area contributed by atoms with E-state index in [4.69, 9.17) is 4.74 Å². The quantitative estimate of drug-likeness (QED) is 0.583. The molecule has 0 saturated carbocycles. The zero-order valence-corrected chi connectivity index (χ0v) is 13.1. The molecule has 0 aromatic heterocycles. The Morgan fingerprint density at radius 1 is 0.955 bits per heavy atom. The van der Waals surface area contributed by atoms with E-state index in [-0.39, 0.29) is 0 Å². The van der Waals surface area contributed by atoms with Crippen molar-refractivity contribution < 1.29 is 4.74 Å². The van der Waals surface area contributed by atoms with Gasteiger partial charge in [-0.05, 0) is 64.3 Å². The molecule has 1 heteroatoms. The zero-order valence-electron chi connectivity index (χ0n) is 13.1. The number of aryl methyl sites for hydroxylation is 1. The van der Waals surface area contributed by atoms with Crippen LogP contribution in [-0.2, 0) is 11.2 Å². The summed E-state index contributed by atoms with van der Waals surface area (Å²) in [5.41, 5.74) is 3.14. The average Bonchev–Trinajstić information content (AvgIpc) is 2.59. The summed E-state index contributed by atoms with van der Waals surface area (Å²) in [5.74, 6) is 0.666. The Kier molecular flexibility index (Phi) is 3.59. The molecule has 0 fully saturated rings. The van der Waals surface area contributed by atoms with Crippen LogP contribution in [0.2, 0.25) is 0 Å². The predicted octanol–water partition coefficient (Wildman–Crippen LogP) is 5.45. The van der Waals surface area contributed by atoms with Crippen LogP contribution in [0.5, 0.6) is 0 Å². The minimum absolute atomic E-state index is 0.666. The van der Waals surface area contributed by atoms with E-state index in [0.29, 0.717) is 5.92 Å². The van der Waals surface area contributed by atoms with Crippen molar-refractivity contribution in [3.05, 3.63) is 59.7 Å². The van der Waals surface area contributed by atoms with Crippen molar-refractivity contribution in [2.24, 2.45) is 0 Å². The standard InChI is InChI=1S/C21H22O/c1-22-14-13-16-6-4-8-19-18(16)11-12-20-17-7-3-2-5-15(17)9-10-21(19)20/h2-3,5,7,9-12,16H,4,6,8,13-14H2,1H3. The number of hydrogen-bond acceptors (Lipinski definition) is 1. The first-order chi connectivity index (χ1) is 10.9. The molecule has 0 aliphatic heterocycles. The van der Waals surface area contributed by atoms with Crippen molar-refractivity contribution in [1.29, 1.82) is 0 Å². The lowest BCUT2D eigenvalue weighted by Gasteiger charge is -2.27. The Labute approximate surface area is 131 Å². The number of fused-ring (bicyclic) bond motifs is 5. The third kappa shape index (κ3) is 2.21. The summed E-state index contributed by atoms with van der Waals surface area (Å²) in [6, 6.07) is 18.0. The molecule has 3 aromatic carbocycles. The van der Waals surface area contributed by atoms with Gasteiger partial charge in [0.25, 0.3) is 0 Å². The molecule has 1 atom stereocenters. The highest BCUT2D eigenvalue weighted by Crippen LogP contribution is 2.39. The van der Waals surface area contributed by atoms with Gasteiger partial charge in [-0.2, -0.15) is 0 Å². The van der Waals surface area contributed by atoms with E-state index in [1.165, 1.54) is 40.8 Å². The van der Waals surface area contributed by atoms with Crippen molar-refractivity contribution in [3.63, 3.8) is 0 Å². The van der Waals surface area contributed by atoms with Gasteiger partial charge < -0.3 is 4.74 Å². The molecular weight excluding hydrogens is 268 g/mol. The number of ether oxygens (including phenoxy) is 1. The fourth-order valence-corrected chi connectivity index (χ4v) is 4.07. The van der Waals surface area contributed by atoms with E-state index in [0.717, 1.165) is 13.0 Å². The van der Waals surface area contributed by atoms with Gasteiger partial charge in [0.15, 0.2) is 0 Å². The average molecular weight is 290 g/mol. The maximum Gasteiger partial charge on any atom is 0.0468 e. The lowest BCUT2D eigenvalue weighted by Crippen LogP contribution is -2.12. The molecule has 0 bridgehead atoms. The second-order valence-corrected chi connectivity index (χ2v) is 6.39. The van der Waals surface area contributed by atoms with Crippen LogP contribution in [0.4, 0.5) is 0 Å². The molecule has 112 valence electrons. The summed E-state index contributed by atoms with van der Waals surface area (Å²) in [5, 5.41) is 5.58. The summed E-state index contributed by atoms with van der Waals surface area (Å²) >= 11 is 0. The van der Waals surface area contributed by atoms with Gasteiger partial charge in [0, 0.05) is 13.7 Å². The Morgan fingerprint density at radius 2 is 1.82 bits per heavy atom. The van der Waals surface area contributed by atoms with Crippen LogP contribution in [0.3, 0.4) is 0 Å². The lowest BCUT2D eigenvalue weighted by atomic mass is 9.79. The van der Waals surface area contributed by atoms with Gasteiger partial charge in [0.05, 0.1) is 0 Å². The van der Waals surface area contributed by atoms with E-state index in [1.807, 2.05) is 0 Å². The Balaban J connectivity index is 1.90. The fourth-order valence-electron chi connectivity index (χ4n) is 4.07. The Morgan fingerprint density at radius 3 is 2.73 bits per heavy atom. The number of hydrogen-bond donors (Lipinski definition) is 0.